The monoisotopic (exact) mass is 252 g/mol. The Kier molecular flexibility index (Phi) is 5.79. The van der Waals surface area contributed by atoms with Crippen LogP contribution in [0.3, 0.4) is 0 Å². The topological polar surface area (TPSA) is 74.5 Å². The number of rotatable bonds is 7. The highest BCUT2D eigenvalue weighted by atomic mass is 16.6. The van der Waals surface area contributed by atoms with E-state index < -0.39 is 4.92 Å². The Morgan fingerprint density at radius 1 is 1.50 bits per heavy atom. The van der Waals surface area contributed by atoms with E-state index in [2.05, 4.69) is 4.98 Å². The zero-order chi connectivity index (χ0) is 13.4. The van der Waals surface area contributed by atoms with Gasteiger partial charge in [0.15, 0.2) is 0 Å². The van der Waals surface area contributed by atoms with Gasteiger partial charge in [0, 0.05) is 31.9 Å². The average molecular weight is 252 g/mol. The standard InChI is InChI=1S/C12H16N2O4/c1-3-17-6-7-18-12-5-4-11(9-13-12)8-10(2)14(15)16/h4-5,8-9H,3,6-7H2,1-2H3. The molecule has 0 aliphatic carbocycles. The number of pyridine rings is 1. The summed E-state index contributed by atoms with van der Waals surface area (Å²) in [6.07, 6.45) is 2.99. The van der Waals surface area contributed by atoms with Crippen LogP contribution in [0.1, 0.15) is 19.4 Å². The number of allylic oxidation sites excluding steroid dienone is 1. The third-order valence-electron chi connectivity index (χ3n) is 2.10. The molecule has 0 unspecified atom stereocenters. The lowest BCUT2D eigenvalue weighted by atomic mass is 10.2. The van der Waals surface area contributed by atoms with E-state index in [4.69, 9.17) is 9.47 Å². The lowest BCUT2D eigenvalue weighted by Gasteiger charge is -2.04. The van der Waals surface area contributed by atoms with Crippen LogP contribution in [0.15, 0.2) is 24.0 Å². The van der Waals surface area contributed by atoms with Crippen LogP contribution in [0.25, 0.3) is 6.08 Å². The number of aromatic nitrogens is 1. The van der Waals surface area contributed by atoms with Crippen LogP contribution in [-0.4, -0.2) is 29.7 Å². The summed E-state index contributed by atoms with van der Waals surface area (Å²) < 4.78 is 10.4. The minimum Gasteiger partial charge on any atom is -0.475 e. The lowest BCUT2D eigenvalue weighted by molar-refractivity contribution is -0.422. The average Bonchev–Trinajstić information content (AvgIpc) is 2.36. The number of hydrogen-bond acceptors (Lipinski definition) is 5. The molecule has 0 atom stereocenters. The molecule has 0 fully saturated rings. The van der Waals surface area contributed by atoms with E-state index in [-0.39, 0.29) is 5.70 Å². The van der Waals surface area contributed by atoms with Crippen LogP contribution in [0.4, 0.5) is 0 Å². The van der Waals surface area contributed by atoms with Crippen LogP contribution in [0, 0.1) is 10.1 Å². The Labute approximate surface area is 105 Å². The minimum absolute atomic E-state index is 0.0711. The number of hydrogen-bond donors (Lipinski definition) is 0. The number of ether oxygens (including phenoxy) is 2. The molecule has 18 heavy (non-hydrogen) atoms. The zero-order valence-corrected chi connectivity index (χ0v) is 10.5. The van der Waals surface area contributed by atoms with E-state index in [0.717, 1.165) is 0 Å². The smallest absolute Gasteiger partial charge is 0.243 e. The molecule has 0 bridgehead atoms. The summed E-state index contributed by atoms with van der Waals surface area (Å²) in [5.41, 5.74) is 0.739. The molecule has 0 N–H and O–H groups in total. The Balaban J connectivity index is 2.52. The summed E-state index contributed by atoms with van der Waals surface area (Å²) in [4.78, 5) is 14.1. The van der Waals surface area contributed by atoms with Gasteiger partial charge in [-0.15, -0.1) is 0 Å². The van der Waals surface area contributed by atoms with E-state index in [0.29, 0.717) is 31.3 Å². The van der Waals surface area contributed by atoms with Crippen molar-refractivity contribution in [1.29, 1.82) is 0 Å². The number of nitro groups is 1. The fourth-order valence-electron chi connectivity index (χ4n) is 1.21. The molecule has 0 aromatic carbocycles. The van der Waals surface area contributed by atoms with E-state index in [1.165, 1.54) is 19.2 Å². The maximum absolute atomic E-state index is 10.5. The van der Waals surface area contributed by atoms with Crippen LogP contribution < -0.4 is 4.74 Å². The van der Waals surface area contributed by atoms with Crippen molar-refractivity contribution in [2.45, 2.75) is 13.8 Å². The second-order valence-corrected chi connectivity index (χ2v) is 3.52. The highest BCUT2D eigenvalue weighted by Gasteiger charge is 2.02. The Morgan fingerprint density at radius 3 is 2.83 bits per heavy atom. The molecule has 1 heterocycles. The Hall–Kier alpha value is -1.95. The van der Waals surface area contributed by atoms with Crippen LogP contribution >= 0.6 is 0 Å². The summed E-state index contributed by atoms with van der Waals surface area (Å²) in [5, 5.41) is 10.5. The molecule has 1 aromatic heterocycles. The summed E-state index contributed by atoms with van der Waals surface area (Å²) >= 11 is 0. The second kappa shape index (κ2) is 7.39. The predicted octanol–water partition coefficient (Wildman–Crippen LogP) is 2.13. The molecule has 0 radical (unpaired) electrons. The van der Waals surface area contributed by atoms with Crippen molar-refractivity contribution < 1.29 is 14.4 Å². The Morgan fingerprint density at radius 2 is 2.28 bits per heavy atom. The van der Waals surface area contributed by atoms with Gasteiger partial charge in [0.2, 0.25) is 11.6 Å². The highest BCUT2D eigenvalue weighted by molar-refractivity contribution is 5.49. The molecular formula is C12H16N2O4. The number of nitrogens with zero attached hydrogens (tertiary/aromatic N) is 2. The summed E-state index contributed by atoms with van der Waals surface area (Å²) in [5.74, 6) is 0.477. The van der Waals surface area contributed by atoms with E-state index >= 15 is 0 Å². The summed E-state index contributed by atoms with van der Waals surface area (Å²) in [7, 11) is 0. The van der Waals surface area contributed by atoms with Crippen LogP contribution in [0.5, 0.6) is 5.88 Å². The molecule has 0 amide bonds. The molecule has 0 aliphatic heterocycles. The van der Waals surface area contributed by atoms with E-state index in [1.54, 1.807) is 12.1 Å². The first-order valence-corrected chi connectivity index (χ1v) is 5.62. The second-order valence-electron chi connectivity index (χ2n) is 3.52. The fourth-order valence-corrected chi connectivity index (χ4v) is 1.21. The highest BCUT2D eigenvalue weighted by Crippen LogP contribution is 2.10. The van der Waals surface area contributed by atoms with Gasteiger partial charge >= 0.3 is 0 Å². The van der Waals surface area contributed by atoms with E-state index in [1.807, 2.05) is 6.92 Å². The molecule has 98 valence electrons. The first-order valence-electron chi connectivity index (χ1n) is 5.62. The normalized spacial score (nSPS) is 11.3. The first-order chi connectivity index (χ1) is 8.63. The van der Waals surface area contributed by atoms with Gasteiger partial charge < -0.3 is 9.47 Å². The van der Waals surface area contributed by atoms with Crippen molar-refractivity contribution in [3.05, 3.63) is 39.7 Å². The zero-order valence-electron chi connectivity index (χ0n) is 10.5. The van der Waals surface area contributed by atoms with Gasteiger partial charge in [0.25, 0.3) is 0 Å². The quantitative estimate of drug-likeness (QED) is 0.422. The molecular weight excluding hydrogens is 236 g/mol. The molecule has 0 spiro atoms. The maximum Gasteiger partial charge on any atom is 0.243 e. The van der Waals surface area contributed by atoms with Crippen LogP contribution in [-0.2, 0) is 4.74 Å². The van der Waals surface area contributed by atoms with Gasteiger partial charge in [-0.05, 0) is 18.6 Å². The van der Waals surface area contributed by atoms with Gasteiger partial charge in [-0.1, -0.05) is 0 Å². The largest absolute Gasteiger partial charge is 0.475 e. The van der Waals surface area contributed by atoms with Crippen molar-refractivity contribution in [2.24, 2.45) is 0 Å². The van der Waals surface area contributed by atoms with Crippen molar-refractivity contribution in [2.75, 3.05) is 19.8 Å². The fraction of sp³-hybridized carbons (Fsp3) is 0.417. The Bertz CT molecular complexity index is 415. The van der Waals surface area contributed by atoms with Crippen molar-refractivity contribution >= 4 is 6.08 Å². The van der Waals surface area contributed by atoms with E-state index in [9.17, 15) is 10.1 Å². The SMILES string of the molecule is CCOCCOc1ccc(C=C(C)[N+](=O)[O-])cn1. The molecule has 6 nitrogen and oxygen atoms in total. The molecule has 6 heteroatoms. The molecule has 0 saturated heterocycles. The van der Waals surface area contributed by atoms with Crippen molar-refractivity contribution in [1.82, 2.24) is 4.98 Å². The van der Waals surface area contributed by atoms with Gasteiger partial charge in [-0.2, -0.15) is 0 Å². The van der Waals surface area contributed by atoms with Crippen molar-refractivity contribution in [3.8, 4) is 5.88 Å². The minimum atomic E-state index is -0.438. The molecule has 0 aliphatic rings. The lowest BCUT2D eigenvalue weighted by Crippen LogP contribution is -2.07. The molecule has 0 saturated carbocycles. The summed E-state index contributed by atoms with van der Waals surface area (Å²) in [6.45, 7) is 4.95. The van der Waals surface area contributed by atoms with Gasteiger partial charge in [-0.3, -0.25) is 10.1 Å². The predicted molar refractivity (Wildman–Crippen MR) is 66.9 cm³/mol. The third kappa shape index (κ3) is 4.92. The van der Waals surface area contributed by atoms with Crippen LogP contribution in [0.2, 0.25) is 0 Å². The van der Waals surface area contributed by atoms with Gasteiger partial charge in [-0.25, -0.2) is 4.98 Å². The maximum atomic E-state index is 10.5. The van der Waals surface area contributed by atoms with Crippen molar-refractivity contribution in [3.63, 3.8) is 0 Å². The molecule has 1 rings (SSSR count). The third-order valence-corrected chi connectivity index (χ3v) is 2.10. The first kappa shape index (κ1) is 14.1. The molecule has 1 aromatic rings. The van der Waals surface area contributed by atoms with Gasteiger partial charge in [0.1, 0.15) is 6.61 Å². The summed E-state index contributed by atoms with van der Waals surface area (Å²) in [6, 6.07) is 3.39. The van der Waals surface area contributed by atoms with Gasteiger partial charge in [0.05, 0.1) is 11.5 Å².